The number of nitrogens with zero attached hydrogens (tertiary/aromatic N) is 1. The Morgan fingerprint density at radius 2 is 1.45 bits per heavy atom. The van der Waals surface area contributed by atoms with E-state index < -0.39 is 53.9 Å². The number of nitrogens with one attached hydrogen (secondary N) is 5. The van der Waals surface area contributed by atoms with Crippen molar-refractivity contribution in [1.82, 2.24) is 31.6 Å². The fraction of sp³-hybridized carbons (Fsp3) is 0.688. The third kappa shape index (κ3) is 13.0. The van der Waals surface area contributed by atoms with Crippen molar-refractivity contribution in [1.29, 1.82) is 0 Å². The molecule has 0 aliphatic rings. The molecule has 0 unspecified atom stereocenters. The molecular formula is C32H54N6O6. The van der Waals surface area contributed by atoms with Crippen LogP contribution in [0.3, 0.4) is 0 Å². The molecular weight excluding hydrogens is 564 g/mol. The first kappa shape index (κ1) is 38.5. The van der Waals surface area contributed by atoms with Crippen molar-refractivity contribution in [3.8, 4) is 0 Å². The zero-order chi connectivity index (χ0) is 33.4. The van der Waals surface area contributed by atoms with Gasteiger partial charge in [-0.3, -0.25) is 29.0 Å². The second kappa shape index (κ2) is 19.7. The summed E-state index contributed by atoms with van der Waals surface area (Å²) in [5.41, 5.74) is 0.365. The molecule has 1 aromatic rings. The average Bonchev–Trinajstić information content (AvgIpc) is 2.97. The van der Waals surface area contributed by atoms with Gasteiger partial charge >= 0.3 is 0 Å². The number of carbonyl (C=O) groups is 5. The fourth-order valence-corrected chi connectivity index (χ4v) is 4.74. The summed E-state index contributed by atoms with van der Waals surface area (Å²) < 4.78 is 0. The van der Waals surface area contributed by atoms with E-state index in [9.17, 15) is 29.1 Å². The normalized spacial score (nSPS) is 15.3. The highest BCUT2D eigenvalue weighted by Gasteiger charge is 2.33. The molecule has 0 aliphatic carbocycles. The molecule has 0 bridgehead atoms. The van der Waals surface area contributed by atoms with Crippen LogP contribution in [0.1, 0.15) is 97.9 Å². The zero-order valence-corrected chi connectivity index (χ0v) is 27.6. The van der Waals surface area contributed by atoms with Crippen molar-refractivity contribution < 1.29 is 29.1 Å². The van der Waals surface area contributed by atoms with E-state index in [0.29, 0.717) is 37.8 Å². The largest absolute Gasteiger partial charge is 0.390 e. The predicted octanol–water partition coefficient (Wildman–Crippen LogP) is 2.07. The molecule has 0 spiro atoms. The summed E-state index contributed by atoms with van der Waals surface area (Å²) in [4.78, 5) is 68.9. The van der Waals surface area contributed by atoms with Gasteiger partial charge < -0.3 is 31.7 Å². The van der Waals surface area contributed by atoms with Crippen molar-refractivity contribution in [2.45, 2.75) is 118 Å². The van der Waals surface area contributed by atoms with Gasteiger partial charge in [0.05, 0.1) is 18.6 Å². The predicted molar refractivity (Wildman–Crippen MR) is 169 cm³/mol. The summed E-state index contributed by atoms with van der Waals surface area (Å²) in [6.07, 6.45) is 3.36. The Bertz CT molecular complexity index is 1070. The minimum Gasteiger partial charge on any atom is -0.390 e. The first-order chi connectivity index (χ1) is 20.7. The van der Waals surface area contributed by atoms with Crippen molar-refractivity contribution in [2.75, 3.05) is 6.54 Å². The van der Waals surface area contributed by atoms with Crippen LogP contribution >= 0.6 is 0 Å². The number of hydrogen-bond acceptors (Lipinski definition) is 7. The first-order valence-corrected chi connectivity index (χ1v) is 15.8. The van der Waals surface area contributed by atoms with Gasteiger partial charge in [0, 0.05) is 24.5 Å². The van der Waals surface area contributed by atoms with E-state index in [-0.39, 0.29) is 30.1 Å². The molecule has 5 amide bonds. The number of aliphatic hydroxyl groups is 1. The Labute approximate surface area is 262 Å². The summed E-state index contributed by atoms with van der Waals surface area (Å²) in [5, 5.41) is 24.9. The monoisotopic (exact) mass is 618 g/mol. The van der Waals surface area contributed by atoms with E-state index >= 15 is 0 Å². The molecule has 6 atom stereocenters. The number of aromatic nitrogens is 1. The fourth-order valence-electron chi connectivity index (χ4n) is 4.74. The Morgan fingerprint density at radius 3 is 1.98 bits per heavy atom. The average molecular weight is 619 g/mol. The van der Waals surface area contributed by atoms with Gasteiger partial charge in [0.1, 0.15) is 18.1 Å². The summed E-state index contributed by atoms with van der Waals surface area (Å²) in [6.45, 7) is 15.4. The lowest BCUT2D eigenvalue weighted by Gasteiger charge is -2.30. The molecule has 44 heavy (non-hydrogen) atoms. The van der Waals surface area contributed by atoms with Gasteiger partial charge in [0.25, 0.3) is 5.91 Å². The van der Waals surface area contributed by atoms with Gasteiger partial charge in [-0.25, -0.2) is 0 Å². The number of hydrogen-bond donors (Lipinski definition) is 6. The maximum Gasteiger partial charge on any atom is 0.252 e. The van der Waals surface area contributed by atoms with Gasteiger partial charge in [0.15, 0.2) is 0 Å². The standard InChI is InChI=1S/C32H54N6O6/c1-9-12-23(35-32(44)28(21(8)10-2)38-29(41)22-13-15-33-16-14-22)30(42)36-24(17-19(4)5)25(39)18-26(40)37-27(20(6)7)31(43)34-11-3/h13-16,19-21,23-25,27-28,39H,9-12,17-18H2,1-8H3,(H,34,43)(H,35,44)(H,36,42)(H,37,40)(H,38,41)/t21-,23-,24-,25-,27-,28-/m0/s1. The summed E-state index contributed by atoms with van der Waals surface area (Å²) >= 11 is 0. The smallest absolute Gasteiger partial charge is 0.252 e. The number of pyridine rings is 1. The van der Waals surface area contributed by atoms with Crippen molar-refractivity contribution in [3.63, 3.8) is 0 Å². The van der Waals surface area contributed by atoms with E-state index in [1.807, 2.05) is 48.5 Å². The van der Waals surface area contributed by atoms with Crippen molar-refractivity contribution >= 4 is 29.5 Å². The van der Waals surface area contributed by atoms with E-state index in [0.717, 1.165) is 0 Å². The molecule has 1 aromatic heterocycles. The minimum atomic E-state index is -1.23. The molecule has 0 saturated carbocycles. The number of carbonyl (C=O) groups excluding carboxylic acids is 5. The Morgan fingerprint density at radius 1 is 0.818 bits per heavy atom. The number of amides is 5. The highest BCUT2D eigenvalue weighted by atomic mass is 16.3. The topological polar surface area (TPSA) is 179 Å². The van der Waals surface area contributed by atoms with Crippen LogP contribution in [-0.2, 0) is 19.2 Å². The molecule has 6 N–H and O–H groups in total. The van der Waals surface area contributed by atoms with Gasteiger partial charge in [-0.2, -0.15) is 0 Å². The molecule has 1 heterocycles. The van der Waals surface area contributed by atoms with Crippen molar-refractivity contribution in [2.24, 2.45) is 17.8 Å². The molecule has 12 heteroatoms. The second-order valence-electron chi connectivity index (χ2n) is 12.1. The van der Waals surface area contributed by atoms with Crippen LogP contribution < -0.4 is 26.6 Å². The number of rotatable bonds is 19. The summed E-state index contributed by atoms with van der Waals surface area (Å²) in [5.74, 6) is -2.51. The van der Waals surface area contributed by atoms with Gasteiger partial charge in [-0.1, -0.05) is 61.3 Å². The molecule has 0 aromatic carbocycles. The minimum absolute atomic E-state index is 0.0779. The van der Waals surface area contributed by atoms with Crippen LogP contribution in [0.25, 0.3) is 0 Å². The first-order valence-electron chi connectivity index (χ1n) is 15.8. The molecule has 1 rings (SSSR count). The van der Waals surface area contributed by atoms with Crippen LogP contribution in [0.15, 0.2) is 24.5 Å². The molecule has 12 nitrogen and oxygen atoms in total. The van der Waals surface area contributed by atoms with E-state index in [1.165, 1.54) is 12.4 Å². The Balaban J connectivity index is 3.04. The Kier molecular flexibility index (Phi) is 17.2. The second-order valence-corrected chi connectivity index (χ2v) is 12.1. The van der Waals surface area contributed by atoms with Crippen LogP contribution in [0.2, 0.25) is 0 Å². The quantitative estimate of drug-likeness (QED) is 0.137. The van der Waals surface area contributed by atoms with E-state index in [2.05, 4.69) is 31.6 Å². The summed E-state index contributed by atoms with van der Waals surface area (Å²) in [6, 6.07) is -0.226. The lowest BCUT2D eigenvalue weighted by Crippen LogP contribution is -2.58. The highest BCUT2D eigenvalue weighted by Crippen LogP contribution is 2.14. The van der Waals surface area contributed by atoms with Crippen LogP contribution in [0, 0.1) is 17.8 Å². The van der Waals surface area contributed by atoms with Gasteiger partial charge in [-0.05, 0) is 49.7 Å². The van der Waals surface area contributed by atoms with Crippen LogP contribution in [-0.4, -0.2) is 76.4 Å². The lowest BCUT2D eigenvalue weighted by atomic mass is 9.95. The molecule has 248 valence electrons. The van der Waals surface area contributed by atoms with E-state index in [1.54, 1.807) is 19.1 Å². The number of likely N-dealkylation sites (N-methyl/N-ethyl adjacent to an activating group) is 1. The van der Waals surface area contributed by atoms with Crippen LogP contribution in [0.5, 0.6) is 0 Å². The molecule has 0 aliphatic heterocycles. The zero-order valence-electron chi connectivity index (χ0n) is 27.6. The third-order valence-corrected chi connectivity index (χ3v) is 7.46. The number of aliphatic hydroxyl groups excluding tert-OH is 1. The maximum atomic E-state index is 13.5. The van der Waals surface area contributed by atoms with E-state index in [4.69, 9.17) is 0 Å². The lowest BCUT2D eigenvalue weighted by molar-refractivity contribution is -0.133. The molecule has 0 fully saturated rings. The Hall–Kier alpha value is -3.54. The van der Waals surface area contributed by atoms with Gasteiger partial charge in [0.2, 0.25) is 23.6 Å². The molecule has 0 radical (unpaired) electrons. The van der Waals surface area contributed by atoms with Gasteiger partial charge in [-0.15, -0.1) is 0 Å². The summed E-state index contributed by atoms with van der Waals surface area (Å²) in [7, 11) is 0. The third-order valence-electron chi connectivity index (χ3n) is 7.46. The highest BCUT2D eigenvalue weighted by molar-refractivity contribution is 5.98. The van der Waals surface area contributed by atoms with Crippen LogP contribution in [0.4, 0.5) is 0 Å². The van der Waals surface area contributed by atoms with Crippen molar-refractivity contribution in [3.05, 3.63) is 30.1 Å². The molecule has 0 saturated heterocycles. The maximum absolute atomic E-state index is 13.5. The SMILES string of the molecule is CCC[C@H](NC(=O)[C@@H](NC(=O)c1ccncc1)[C@@H](C)CC)C(=O)N[C@@H](CC(C)C)[C@@H](O)CC(=O)N[C@H](C(=O)NCC)C(C)C.